The third-order valence-electron chi connectivity index (χ3n) is 4.30. The van der Waals surface area contributed by atoms with Crippen molar-refractivity contribution in [2.24, 2.45) is 4.74 Å². The lowest BCUT2D eigenvalue weighted by Crippen LogP contribution is -2.26. The van der Waals surface area contributed by atoms with Crippen LogP contribution in [0.1, 0.15) is 26.5 Å². The Morgan fingerprint density at radius 2 is 1.79 bits per heavy atom. The molecule has 0 radical (unpaired) electrons. The van der Waals surface area contributed by atoms with Gasteiger partial charge in [0.05, 0.1) is 10.6 Å². The first-order valence-corrected chi connectivity index (χ1v) is 11.5. The first-order chi connectivity index (χ1) is 13.6. The predicted molar refractivity (Wildman–Crippen MR) is 120 cm³/mol. The molecule has 6 nitrogen and oxygen atoms in total. The molecular weight excluding hydrogens is 455 g/mol. The number of furan rings is 1. The molecule has 0 N–H and O–H groups in total. The highest BCUT2D eigenvalue weighted by atomic mass is 79.9. The second-order valence-corrected chi connectivity index (χ2v) is 11.7. The molecule has 0 aliphatic rings. The Bertz CT molecular complexity index is 1090. The number of benzene rings is 2. The molecule has 1 aromatic heterocycles. The van der Waals surface area contributed by atoms with Gasteiger partial charge in [-0.15, -0.1) is 0 Å². The van der Waals surface area contributed by atoms with E-state index in [2.05, 4.69) is 15.9 Å². The molecule has 0 fully saturated rings. The number of nitrogens with zero attached hydrogens (tertiary/aromatic N) is 2. The summed E-state index contributed by atoms with van der Waals surface area (Å²) in [5.41, 5.74) is 1.05. The third-order valence-corrected chi connectivity index (χ3v) is 8.60. The van der Waals surface area contributed by atoms with E-state index in [4.69, 9.17) is 13.7 Å². The molecule has 0 amide bonds. The van der Waals surface area contributed by atoms with Crippen LogP contribution in [0.15, 0.2) is 74.3 Å². The number of non-ortho nitro benzene ring substituents is 1. The molecule has 2 aromatic carbocycles. The average molecular weight is 477 g/mol. The lowest BCUT2D eigenvalue weighted by Gasteiger charge is -2.35. The van der Waals surface area contributed by atoms with Gasteiger partial charge in [-0.2, -0.15) is 0 Å². The zero-order valence-corrected chi connectivity index (χ0v) is 19.1. The summed E-state index contributed by atoms with van der Waals surface area (Å²) in [5, 5.41) is 10.9. The fourth-order valence-electron chi connectivity index (χ4n) is 2.79. The van der Waals surface area contributed by atoms with E-state index in [1.165, 1.54) is 12.1 Å². The minimum Gasteiger partial charge on any atom is -0.457 e. The van der Waals surface area contributed by atoms with Crippen LogP contribution in [0.2, 0.25) is 0 Å². The maximum absolute atomic E-state index is 11.3. The molecule has 152 valence electrons. The third kappa shape index (κ3) is 4.46. The van der Waals surface area contributed by atoms with Gasteiger partial charge >= 0.3 is 0 Å². The van der Waals surface area contributed by atoms with Crippen molar-refractivity contribution in [2.75, 3.05) is 0 Å². The highest BCUT2D eigenvalue weighted by Gasteiger charge is 2.42. The van der Waals surface area contributed by atoms with Crippen molar-refractivity contribution in [1.29, 1.82) is 0 Å². The average Bonchev–Trinajstić information content (AvgIpc) is 3.09. The summed E-state index contributed by atoms with van der Waals surface area (Å²) in [6.07, 6.45) is 0. The van der Waals surface area contributed by atoms with Gasteiger partial charge in [0.2, 0.25) is 7.28 Å². The minimum absolute atomic E-state index is 0.0331. The smallest absolute Gasteiger partial charge is 0.271 e. The van der Waals surface area contributed by atoms with Crippen molar-refractivity contribution in [1.82, 2.24) is 0 Å². The molecule has 3 aromatic rings. The summed E-state index contributed by atoms with van der Waals surface area (Å²) >= 11 is 3.48. The quantitative estimate of drug-likeness (QED) is 0.221. The van der Waals surface area contributed by atoms with Crippen molar-refractivity contribution < 1.29 is 13.9 Å². The van der Waals surface area contributed by atoms with Crippen LogP contribution in [0.5, 0.6) is 5.75 Å². The number of nitro benzene ring substituents is 1. The lowest BCUT2D eigenvalue weighted by molar-refractivity contribution is -0.384. The highest BCUT2D eigenvalue weighted by Crippen LogP contribution is 2.62. The van der Waals surface area contributed by atoms with E-state index in [0.717, 1.165) is 5.76 Å². The van der Waals surface area contributed by atoms with Crippen LogP contribution >= 0.6 is 23.2 Å². The summed E-state index contributed by atoms with van der Waals surface area (Å²) in [5.74, 6) is 1.41. The minimum atomic E-state index is -2.83. The van der Waals surface area contributed by atoms with E-state index < -0.39 is 17.4 Å². The Morgan fingerprint density at radius 3 is 2.34 bits per heavy atom. The van der Waals surface area contributed by atoms with Gasteiger partial charge in [0, 0.05) is 21.8 Å². The van der Waals surface area contributed by atoms with Crippen molar-refractivity contribution >= 4 is 40.1 Å². The Morgan fingerprint density at radius 1 is 1.10 bits per heavy atom. The molecule has 0 aliphatic carbocycles. The van der Waals surface area contributed by atoms with Gasteiger partial charge in [-0.1, -0.05) is 39.0 Å². The first kappa shape index (κ1) is 21.3. The van der Waals surface area contributed by atoms with Crippen molar-refractivity contribution in [2.45, 2.75) is 32.9 Å². The molecule has 0 aliphatic heterocycles. The van der Waals surface area contributed by atoms with E-state index in [-0.39, 0.29) is 5.69 Å². The number of hydrogen-bond acceptors (Lipinski definition) is 5. The topological polar surface area (TPSA) is 77.9 Å². The summed E-state index contributed by atoms with van der Waals surface area (Å²) in [6, 6.07) is 17.7. The Balaban J connectivity index is 2.34. The van der Waals surface area contributed by atoms with Crippen LogP contribution in [0.3, 0.4) is 0 Å². The number of rotatable bonds is 5. The van der Waals surface area contributed by atoms with Crippen LogP contribution in [0.25, 0.3) is 0 Å². The lowest BCUT2D eigenvalue weighted by atomic mass is 10.3. The fraction of sp³-hybridized carbons (Fsp3) is 0.238. The van der Waals surface area contributed by atoms with Crippen LogP contribution in [-0.2, 0) is 0 Å². The van der Waals surface area contributed by atoms with Gasteiger partial charge in [0.15, 0.2) is 5.50 Å². The van der Waals surface area contributed by atoms with Gasteiger partial charge in [0.25, 0.3) is 5.69 Å². The van der Waals surface area contributed by atoms with Crippen molar-refractivity contribution in [3.8, 4) is 5.75 Å². The molecule has 8 heteroatoms. The van der Waals surface area contributed by atoms with Gasteiger partial charge in [0.1, 0.15) is 11.5 Å². The van der Waals surface area contributed by atoms with Crippen molar-refractivity contribution in [3.05, 3.63) is 81.0 Å². The van der Waals surface area contributed by atoms with E-state index >= 15 is 0 Å². The molecule has 1 heterocycles. The van der Waals surface area contributed by atoms with E-state index in [1.807, 2.05) is 70.2 Å². The van der Waals surface area contributed by atoms with E-state index in [1.54, 1.807) is 6.07 Å². The van der Waals surface area contributed by atoms with Crippen LogP contribution < -0.4 is 10.0 Å². The molecule has 0 spiro atoms. The molecule has 3 rings (SSSR count). The second-order valence-electron chi connectivity index (χ2n) is 7.53. The van der Waals surface area contributed by atoms with Crippen LogP contribution in [0, 0.1) is 17.0 Å². The monoisotopic (exact) mass is 476 g/mol. The van der Waals surface area contributed by atoms with Crippen LogP contribution in [0.4, 0.5) is 11.4 Å². The zero-order valence-electron chi connectivity index (χ0n) is 16.6. The van der Waals surface area contributed by atoms with Gasteiger partial charge < -0.3 is 8.94 Å². The van der Waals surface area contributed by atoms with E-state index in [9.17, 15) is 10.1 Å². The number of nitro groups is 1. The SMILES string of the molecule is Cc1ccc([P@](=Nc2cc([N+](=O)[O-])ccc2Br)(Oc2ccccc2)C(C)(C)C)o1. The van der Waals surface area contributed by atoms with Gasteiger partial charge in [-0.3, -0.25) is 10.1 Å². The van der Waals surface area contributed by atoms with E-state index in [0.29, 0.717) is 21.4 Å². The Hall–Kier alpha value is -2.37. The summed E-state index contributed by atoms with van der Waals surface area (Å²) in [4.78, 5) is 10.9. The number of halogens is 1. The molecule has 0 saturated heterocycles. The second kappa shape index (κ2) is 8.17. The highest BCUT2D eigenvalue weighted by molar-refractivity contribution is 9.10. The zero-order chi connectivity index (χ0) is 21.2. The molecular formula is C21H22BrN2O4P. The fourth-order valence-corrected chi connectivity index (χ4v) is 6.17. The summed E-state index contributed by atoms with van der Waals surface area (Å²) in [6.45, 7) is 7.98. The maximum atomic E-state index is 11.3. The number of aryl methyl sites for hydroxylation is 1. The largest absolute Gasteiger partial charge is 0.457 e. The molecule has 0 saturated carbocycles. The normalized spacial score (nSPS) is 13.6. The standard InChI is InChI=1S/C21H22BrN2O4P/c1-15-10-13-20(27-15)29(21(2,3)4,28-17-8-6-5-7-9-17)23-19-14-16(24(25)26)11-12-18(19)22/h5-14H,1-4H3/t29-/m0/s1. The summed E-state index contributed by atoms with van der Waals surface area (Å²) in [7, 11) is -2.83. The first-order valence-electron chi connectivity index (χ1n) is 9.00. The van der Waals surface area contributed by atoms with Crippen LogP contribution in [-0.4, -0.2) is 10.1 Å². The molecule has 1 atom stereocenters. The maximum Gasteiger partial charge on any atom is 0.271 e. The molecule has 0 bridgehead atoms. The van der Waals surface area contributed by atoms with Gasteiger partial charge in [-0.05, 0) is 53.2 Å². The van der Waals surface area contributed by atoms with Gasteiger partial charge in [-0.25, -0.2) is 4.74 Å². The Kier molecular flexibility index (Phi) is 6.01. The molecule has 0 unspecified atom stereocenters. The number of para-hydroxylation sites is 1. The molecule has 29 heavy (non-hydrogen) atoms. The Labute approximate surface area is 178 Å². The predicted octanol–water partition coefficient (Wildman–Crippen LogP) is 7.21. The number of hydrogen-bond donors (Lipinski definition) is 0. The van der Waals surface area contributed by atoms with Crippen molar-refractivity contribution in [3.63, 3.8) is 0 Å². The summed E-state index contributed by atoms with van der Waals surface area (Å²) < 4.78 is 18.3.